The molecule has 0 aromatic carbocycles. The molecule has 0 fully saturated rings. The molecule has 0 unspecified atom stereocenters. The topological polar surface area (TPSA) is 94.3 Å². The van der Waals surface area contributed by atoms with E-state index in [2.05, 4.69) is 42.7 Å². The van der Waals surface area contributed by atoms with Crippen LogP contribution in [0.5, 0.6) is 0 Å². The Morgan fingerprint density at radius 3 is 2.83 bits per heavy atom. The Bertz CT molecular complexity index is 765. The Morgan fingerprint density at radius 1 is 1.13 bits per heavy atom. The van der Waals surface area contributed by atoms with Crippen LogP contribution >= 0.6 is 0 Å². The van der Waals surface area contributed by atoms with Gasteiger partial charge in [-0.15, -0.1) is 5.10 Å². The van der Waals surface area contributed by atoms with Gasteiger partial charge in [-0.05, 0) is 41.5 Å². The number of nitrogens with one attached hydrogen (secondary N) is 1. The largest absolute Gasteiger partial charge is 0.304 e. The Labute approximate surface area is 134 Å². The molecule has 1 N–H and O–H groups in total. The summed E-state index contributed by atoms with van der Waals surface area (Å²) < 4.78 is 1.65. The number of aromatic nitrogens is 7. The van der Waals surface area contributed by atoms with E-state index in [9.17, 15) is 0 Å². The summed E-state index contributed by atoms with van der Waals surface area (Å²) in [5, 5.41) is 15.1. The van der Waals surface area contributed by atoms with Gasteiger partial charge >= 0.3 is 0 Å². The Balaban J connectivity index is 1.67. The highest BCUT2D eigenvalue weighted by Crippen LogP contribution is 2.08. The van der Waals surface area contributed by atoms with Crippen molar-refractivity contribution in [3.05, 3.63) is 53.5 Å². The van der Waals surface area contributed by atoms with Gasteiger partial charge in [-0.1, -0.05) is 6.92 Å². The van der Waals surface area contributed by atoms with E-state index in [0.717, 1.165) is 23.6 Å². The van der Waals surface area contributed by atoms with Gasteiger partial charge in [0.1, 0.15) is 0 Å². The first-order valence-electron chi connectivity index (χ1n) is 7.47. The smallest absolute Gasteiger partial charge is 0.172 e. The van der Waals surface area contributed by atoms with Crippen LogP contribution in [-0.4, -0.2) is 35.2 Å². The number of hydrogen-bond acceptors (Lipinski definition) is 7. The molecule has 8 nitrogen and oxygen atoms in total. The van der Waals surface area contributed by atoms with Gasteiger partial charge in [0, 0.05) is 25.1 Å². The van der Waals surface area contributed by atoms with Gasteiger partial charge in [0.2, 0.25) is 0 Å². The molecule has 0 amide bonds. The summed E-state index contributed by atoms with van der Waals surface area (Å²) in [5.41, 5.74) is 2.97. The molecule has 3 aromatic heterocycles. The lowest BCUT2D eigenvalue weighted by Gasteiger charge is -2.06. The molecule has 0 atom stereocenters. The van der Waals surface area contributed by atoms with Crippen LogP contribution in [0.25, 0.3) is 5.82 Å². The van der Waals surface area contributed by atoms with Crippen molar-refractivity contribution in [1.29, 1.82) is 0 Å². The third kappa shape index (κ3) is 3.72. The van der Waals surface area contributed by atoms with E-state index in [1.165, 1.54) is 5.56 Å². The molecule has 0 saturated carbocycles. The van der Waals surface area contributed by atoms with E-state index in [4.69, 9.17) is 0 Å². The van der Waals surface area contributed by atoms with Gasteiger partial charge in [0.15, 0.2) is 11.6 Å². The van der Waals surface area contributed by atoms with Crippen molar-refractivity contribution in [3.63, 3.8) is 0 Å². The van der Waals surface area contributed by atoms with Crippen LogP contribution in [0.4, 0.5) is 0 Å². The Morgan fingerprint density at radius 2 is 2.04 bits per heavy atom. The third-order valence-electron chi connectivity index (χ3n) is 3.39. The predicted molar refractivity (Wildman–Crippen MR) is 83.6 cm³/mol. The predicted octanol–water partition coefficient (Wildman–Crippen LogP) is 1.01. The van der Waals surface area contributed by atoms with E-state index in [1.54, 1.807) is 23.3 Å². The van der Waals surface area contributed by atoms with Crippen molar-refractivity contribution >= 4 is 0 Å². The lowest BCUT2D eigenvalue weighted by molar-refractivity contribution is 0.627. The van der Waals surface area contributed by atoms with Crippen LogP contribution in [0.1, 0.15) is 29.7 Å². The lowest BCUT2D eigenvalue weighted by Crippen LogP contribution is -2.18. The molecule has 0 saturated heterocycles. The van der Waals surface area contributed by atoms with E-state index < -0.39 is 0 Å². The van der Waals surface area contributed by atoms with Crippen molar-refractivity contribution in [1.82, 2.24) is 40.5 Å². The number of pyridine rings is 1. The molecular weight excluding hydrogens is 292 g/mol. The molecule has 118 valence electrons. The van der Waals surface area contributed by atoms with Gasteiger partial charge < -0.3 is 5.32 Å². The van der Waals surface area contributed by atoms with Gasteiger partial charge in [-0.25, -0.2) is 4.98 Å². The Hall–Kier alpha value is -2.74. The minimum absolute atomic E-state index is 0.514. The summed E-state index contributed by atoms with van der Waals surface area (Å²) in [4.78, 5) is 12.9. The van der Waals surface area contributed by atoms with Crippen LogP contribution in [0.2, 0.25) is 0 Å². The zero-order chi connectivity index (χ0) is 16.1. The molecular formula is C15H18N8. The average molecular weight is 310 g/mol. The first-order chi connectivity index (χ1) is 11.3. The minimum Gasteiger partial charge on any atom is -0.304 e. The van der Waals surface area contributed by atoms with Gasteiger partial charge in [0.05, 0.1) is 17.9 Å². The standard InChI is InChI=1S/C15H18N8/c1-3-12-4-5-17-14(6-12)23-15(20-21-22-23)10-16-8-13-9-18-11(2)7-19-13/h4-7,9,16H,3,8,10H2,1-2H3. The SMILES string of the molecule is CCc1ccnc(-n2nnnc2CNCc2cnc(C)cn2)c1. The highest BCUT2D eigenvalue weighted by atomic mass is 15.6. The number of hydrogen-bond donors (Lipinski definition) is 1. The second-order valence-electron chi connectivity index (χ2n) is 5.14. The van der Waals surface area contributed by atoms with Crippen LogP contribution in [-0.2, 0) is 19.5 Å². The quantitative estimate of drug-likeness (QED) is 0.726. The van der Waals surface area contributed by atoms with E-state index >= 15 is 0 Å². The second kappa shape index (κ2) is 7.01. The lowest BCUT2D eigenvalue weighted by atomic mass is 10.2. The minimum atomic E-state index is 0.514. The van der Waals surface area contributed by atoms with Crippen LogP contribution in [0.15, 0.2) is 30.7 Å². The monoisotopic (exact) mass is 310 g/mol. The maximum Gasteiger partial charge on any atom is 0.172 e. The van der Waals surface area contributed by atoms with Crippen molar-refractivity contribution in [2.24, 2.45) is 0 Å². The number of tetrazole rings is 1. The highest BCUT2D eigenvalue weighted by molar-refractivity contribution is 5.27. The summed E-state index contributed by atoms with van der Waals surface area (Å²) in [5.74, 6) is 1.42. The molecule has 0 aliphatic rings. The molecule has 3 aromatic rings. The second-order valence-corrected chi connectivity index (χ2v) is 5.14. The average Bonchev–Trinajstić information content (AvgIpc) is 3.05. The molecule has 0 aliphatic carbocycles. The summed E-state index contributed by atoms with van der Waals surface area (Å²) in [6.07, 6.45) is 6.23. The first kappa shape index (κ1) is 15.2. The summed E-state index contributed by atoms with van der Waals surface area (Å²) in [6, 6.07) is 3.98. The van der Waals surface area contributed by atoms with Crippen LogP contribution < -0.4 is 5.32 Å². The van der Waals surface area contributed by atoms with Crippen molar-refractivity contribution in [2.45, 2.75) is 33.4 Å². The molecule has 3 heterocycles. The van der Waals surface area contributed by atoms with E-state index in [1.807, 2.05) is 19.1 Å². The zero-order valence-corrected chi connectivity index (χ0v) is 13.1. The van der Waals surface area contributed by atoms with Crippen LogP contribution in [0.3, 0.4) is 0 Å². The normalized spacial score (nSPS) is 10.9. The first-order valence-corrected chi connectivity index (χ1v) is 7.47. The van der Waals surface area contributed by atoms with Gasteiger partial charge in [-0.2, -0.15) is 4.68 Å². The fourth-order valence-corrected chi connectivity index (χ4v) is 2.10. The van der Waals surface area contributed by atoms with Crippen molar-refractivity contribution in [3.8, 4) is 5.82 Å². The van der Waals surface area contributed by atoms with E-state index in [0.29, 0.717) is 18.9 Å². The molecule has 0 bridgehead atoms. The molecule has 0 spiro atoms. The zero-order valence-electron chi connectivity index (χ0n) is 13.1. The number of nitrogens with zero attached hydrogens (tertiary/aromatic N) is 7. The third-order valence-corrected chi connectivity index (χ3v) is 3.39. The molecule has 23 heavy (non-hydrogen) atoms. The summed E-state index contributed by atoms with van der Waals surface area (Å²) in [7, 11) is 0. The molecule has 0 radical (unpaired) electrons. The molecule has 0 aliphatic heterocycles. The van der Waals surface area contributed by atoms with Crippen LogP contribution in [0, 0.1) is 6.92 Å². The molecule has 8 heteroatoms. The van der Waals surface area contributed by atoms with Crippen molar-refractivity contribution < 1.29 is 0 Å². The van der Waals surface area contributed by atoms with Gasteiger partial charge in [0.25, 0.3) is 0 Å². The van der Waals surface area contributed by atoms with Crippen molar-refractivity contribution in [2.75, 3.05) is 0 Å². The van der Waals surface area contributed by atoms with E-state index in [-0.39, 0.29) is 0 Å². The number of aryl methyl sites for hydroxylation is 2. The summed E-state index contributed by atoms with van der Waals surface area (Å²) >= 11 is 0. The molecule has 3 rings (SSSR count). The van der Waals surface area contributed by atoms with Gasteiger partial charge in [-0.3, -0.25) is 9.97 Å². The highest BCUT2D eigenvalue weighted by Gasteiger charge is 2.09. The number of rotatable bonds is 6. The maximum atomic E-state index is 4.34. The summed E-state index contributed by atoms with van der Waals surface area (Å²) in [6.45, 7) is 5.13. The Kier molecular flexibility index (Phi) is 4.62. The fourth-order valence-electron chi connectivity index (χ4n) is 2.10. The fraction of sp³-hybridized carbons (Fsp3) is 0.333. The maximum absolute atomic E-state index is 4.34.